The van der Waals surface area contributed by atoms with E-state index in [1.807, 2.05) is 41.6 Å². The average molecular weight is 639 g/mol. The van der Waals surface area contributed by atoms with E-state index in [1.165, 1.54) is 18.2 Å². The Bertz CT molecular complexity index is 2040. The van der Waals surface area contributed by atoms with Crippen LogP contribution in [-0.4, -0.2) is 65.7 Å². The molecular weight excluding hydrogens is 602 g/mol. The Kier molecular flexibility index (Phi) is 8.67. The highest BCUT2D eigenvalue weighted by atomic mass is 19.1. The first kappa shape index (κ1) is 31.7. The van der Waals surface area contributed by atoms with Gasteiger partial charge < -0.3 is 9.80 Å². The lowest BCUT2D eigenvalue weighted by Crippen LogP contribution is -2.58. The lowest BCUT2D eigenvalue weighted by atomic mass is 9.97. The van der Waals surface area contributed by atoms with Crippen LogP contribution in [0.25, 0.3) is 28.0 Å². The number of carbonyl (C=O) groups excluding carboxylic acids is 1. The number of rotatable bonds is 8. The topological polar surface area (TPSA) is 113 Å². The number of hydrogen-bond acceptors (Lipinski definition) is 7. The number of pyridine rings is 2. The zero-order chi connectivity index (χ0) is 33.4. The molecule has 0 unspecified atom stereocenters. The highest BCUT2D eigenvalue weighted by Crippen LogP contribution is 2.33. The maximum atomic E-state index is 16.1. The second kappa shape index (κ2) is 12.9. The first-order valence-corrected chi connectivity index (χ1v) is 15.6. The lowest BCUT2D eigenvalue weighted by molar-refractivity contribution is -0.128. The van der Waals surface area contributed by atoms with Crippen LogP contribution in [0.1, 0.15) is 50.6 Å². The molecule has 10 nitrogen and oxygen atoms in total. The van der Waals surface area contributed by atoms with Crippen LogP contribution in [0, 0.1) is 11.6 Å². The summed E-state index contributed by atoms with van der Waals surface area (Å²) in [5.41, 5.74) is 2.52. The molecule has 1 aromatic carbocycles. The van der Waals surface area contributed by atoms with Gasteiger partial charge in [0.15, 0.2) is 0 Å². The molecule has 12 heteroatoms. The van der Waals surface area contributed by atoms with Gasteiger partial charge in [-0.2, -0.15) is 10.1 Å². The molecule has 0 saturated carbocycles. The molecule has 0 radical (unpaired) electrons. The summed E-state index contributed by atoms with van der Waals surface area (Å²) < 4.78 is 33.4. The number of halogens is 2. The number of fused-ring (bicyclic) bond motifs is 1. The average Bonchev–Trinajstić information content (AvgIpc) is 3.53. The van der Waals surface area contributed by atoms with E-state index in [1.54, 1.807) is 29.4 Å². The van der Waals surface area contributed by atoms with Crippen LogP contribution in [0.4, 0.5) is 14.6 Å². The maximum absolute atomic E-state index is 16.1. The first-order chi connectivity index (χ1) is 22.5. The fourth-order valence-corrected chi connectivity index (χ4v) is 6.22. The number of nitrogens with one attached hydrogen (secondary N) is 1. The summed E-state index contributed by atoms with van der Waals surface area (Å²) in [5.74, 6) is -1.05. The van der Waals surface area contributed by atoms with Gasteiger partial charge in [-0.05, 0) is 74.6 Å². The molecule has 6 rings (SSSR count). The van der Waals surface area contributed by atoms with Gasteiger partial charge in [0.05, 0.1) is 11.1 Å². The number of aromatic amines is 1. The van der Waals surface area contributed by atoms with Gasteiger partial charge in [-0.15, -0.1) is 0 Å². The fourth-order valence-electron chi connectivity index (χ4n) is 6.22. The summed E-state index contributed by atoms with van der Waals surface area (Å²) in [4.78, 5) is 44.4. The number of H-pyrrole nitrogens is 1. The van der Waals surface area contributed by atoms with Crippen molar-refractivity contribution in [1.82, 2.24) is 34.6 Å². The van der Waals surface area contributed by atoms with E-state index >= 15 is 8.78 Å². The summed E-state index contributed by atoms with van der Waals surface area (Å²) in [6.45, 7) is 12.3. The van der Waals surface area contributed by atoms with Crippen molar-refractivity contribution in [3.63, 3.8) is 0 Å². The minimum absolute atomic E-state index is 0.0294. The van der Waals surface area contributed by atoms with E-state index in [0.29, 0.717) is 31.5 Å². The first-order valence-electron chi connectivity index (χ1n) is 15.6. The number of hydrogen-bond donors (Lipinski definition) is 1. The number of aromatic nitrogens is 6. The third kappa shape index (κ3) is 6.15. The summed E-state index contributed by atoms with van der Waals surface area (Å²) in [6.07, 6.45) is 5.61. The number of amides is 1. The van der Waals surface area contributed by atoms with Crippen LogP contribution in [0.2, 0.25) is 0 Å². The zero-order valence-corrected chi connectivity index (χ0v) is 26.7. The van der Waals surface area contributed by atoms with Crippen molar-refractivity contribution in [3.8, 4) is 16.9 Å². The van der Waals surface area contributed by atoms with E-state index in [4.69, 9.17) is 0 Å². The van der Waals surface area contributed by atoms with Gasteiger partial charge >= 0.3 is 5.69 Å². The Morgan fingerprint density at radius 1 is 1.04 bits per heavy atom. The van der Waals surface area contributed by atoms with E-state index < -0.39 is 17.3 Å². The van der Waals surface area contributed by atoms with E-state index in [0.717, 1.165) is 17.1 Å². The SMILES string of the molecule is C=CC(=O)N1C[C@H](C)N(c2nc(=O)[nH]c3nc(-c4c(F)cccc4CCc4ccnn4-c4ccnc(C(C)C)c4)c(F)cc23)C[C@H]1C. The molecule has 1 amide bonds. The molecule has 2 atom stereocenters. The molecular formula is C35H36F2N8O2. The normalized spacial score (nSPS) is 16.7. The van der Waals surface area contributed by atoms with E-state index in [9.17, 15) is 9.59 Å². The number of benzene rings is 1. The van der Waals surface area contributed by atoms with Gasteiger partial charge in [0, 0.05) is 54.5 Å². The third-order valence-electron chi connectivity index (χ3n) is 8.67. The zero-order valence-electron chi connectivity index (χ0n) is 26.7. The van der Waals surface area contributed by atoms with Crippen molar-refractivity contribution in [1.29, 1.82) is 0 Å². The minimum Gasteiger partial charge on any atom is -0.349 e. The quantitative estimate of drug-likeness (QED) is 0.228. The summed E-state index contributed by atoms with van der Waals surface area (Å²) in [5, 5.41) is 4.79. The van der Waals surface area contributed by atoms with Crippen LogP contribution in [0.5, 0.6) is 0 Å². The van der Waals surface area contributed by atoms with Gasteiger partial charge in [-0.25, -0.2) is 23.2 Å². The van der Waals surface area contributed by atoms with Crippen molar-refractivity contribution >= 4 is 22.8 Å². The molecule has 1 N–H and O–H groups in total. The van der Waals surface area contributed by atoms with Crippen molar-refractivity contribution in [2.45, 2.75) is 58.5 Å². The van der Waals surface area contributed by atoms with Crippen LogP contribution in [-0.2, 0) is 17.6 Å². The monoisotopic (exact) mass is 638 g/mol. The molecule has 242 valence electrons. The highest BCUT2D eigenvalue weighted by molar-refractivity contribution is 5.90. The molecule has 1 fully saturated rings. The van der Waals surface area contributed by atoms with Gasteiger partial charge in [0.25, 0.3) is 0 Å². The molecule has 1 aliphatic heterocycles. The minimum atomic E-state index is -0.747. The van der Waals surface area contributed by atoms with Crippen LogP contribution < -0.4 is 10.6 Å². The second-order valence-electron chi connectivity index (χ2n) is 12.2. The van der Waals surface area contributed by atoms with Gasteiger partial charge in [0.2, 0.25) is 5.91 Å². The smallest absolute Gasteiger partial charge is 0.348 e. The number of nitrogens with zero attached hydrogens (tertiary/aromatic N) is 7. The Hall–Kier alpha value is -5.26. The summed E-state index contributed by atoms with van der Waals surface area (Å²) in [6, 6.07) is 11.2. The van der Waals surface area contributed by atoms with E-state index in [2.05, 4.69) is 45.5 Å². The predicted octanol–water partition coefficient (Wildman–Crippen LogP) is 5.36. The van der Waals surface area contributed by atoms with E-state index in [-0.39, 0.29) is 52.0 Å². The Balaban J connectivity index is 1.34. The Morgan fingerprint density at radius 3 is 2.62 bits per heavy atom. The van der Waals surface area contributed by atoms with Gasteiger partial charge in [-0.1, -0.05) is 32.6 Å². The summed E-state index contributed by atoms with van der Waals surface area (Å²) >= 11 is 0. The van der Waals surface area contributed by atoms with Crippen molar-refractivity contribution in [2.75, 3.05) is 18.0 Å². The Labute approximate surface area is 270 Å². The van der Waals surface area contributed by atoms with Crippen molar-refractivity contribution in [3.05, 3.63) is 107 Å². The molecule has 0 spiro atoms. The Morgan fingerprint density at radius 2 is 1.85 bits per heavy atom. The van der Waals surface area contributed by atoms with Crippen molar-refractivity contribution in [2.24, 2.45) is 0 Å². The van der Waals surface area contributed by atoms with Crippen LogP contribution >= 0.6 is 0 Å². The second-order valence-corrected chi connectivity index (χ2v) is 12.2. The number of carbonyl (C=O) groups is 1. The molecule has 0 bridgehead atoms. The molecule has 4 aromatic heterocycles. The van der Waals surface area contributed by atoms with Gasteiger partial charge in [0.1, 0.15) is 28.8 Å². The molecule has 0 aliphatic carbocycles. The molecule has 1 aliphatic rings. The largest absolute Gasteiger partial charge is 0.349 e. The lowest BCUT2D eigenvalue weighted by Gasteiger charge is -2.44. The summed E-state index contributed by atoms with van der Waals surface area (Å²) in [7, 11) is 0. The predicted molar refractivity (Wildman–Crippen MR) is 177 cm³/mol. The number of aryl methyl sites for hydroxylation is 2. The number of anilines is 1. The molecule has 5 aromatic rings. The van der Waals surface area contributed by atoms with Gasteiger partial charge in [-0.3, -0.25) is 14.8 Å². The fraction of sp³-hybridized carbons (Fsp3) is 0.314. The van der Waals surface area contributed by atoms with Crippen LogP contribution in [0.15, 0.2) is 72.3 Å². The highest BCUT2D eigenvalue weighted by Gasteiger charge is 2.33. The molecule has 5 heterocycles. The van der Waals surface area contributed by atoms with Crippen LogP contribution in [0.3, 0.4) is 0 Å². The molecule has 47 heavy (non-hydrogen) atoms. The third-order valence-corrected chi connectivity index (χ3v) is 8.67. The number of piperazine rings is 1. The standard InChI is InChI=1S/C35H36F2N8O2/c1-6-30(46)43-18-22(5)44(19-21(43)4)34-26-17-28(37)32(40-33(26)41-35(47)42-34)31-23(8-7-9-27(31)36)10-11-24-13-15-39-45(24)25-12-14-38-29(16-25)20(2)3/h6-9,12-17,20-22H,1,10-11,18-19H2,2-5H3,(H,40,41,42,47)/t21-,22+/m1/s1. The van der Waals surface area contributed by atoms with Crippen molar-refractivity contribution < 1.29 is 13.6 Å². The maximum Gasteiger partial charge on any atom is 0.348 e. The molecule has 1 saturated heterocycles.